The maximum atomic E-state index is 12.7. The van der Waals surface area contributed by atoms with Gasteiger partial charge in [-0.05, 0) is 61.1 Å². The summed E-state index contributed by atoms with van der Waals surface area (Å²) in [4.78, 5) is 47.8. The number of allylic oxidation sites excluding steroid dienone is 3. The fourth-order valence-corrected chi connectivity index (χ4v) is 5.08. The number of ether oxygens (including phenoxy) is 1. The first-order chi connectivity index (χ1) is 20.8. The van der Waals surface area contributed by atoms with E-state index < -0.39 is 5.54 Å². The molecule has 2 aliphatic carbocycles. The van der Waals surface area contributed by atoms with Gasteiger partial charge in [-0.2, -0.15) is 0 Å². The predicted molar refractivity (Wildman–Crippen MR) is 169 cm³/mol. The monoisotopic (exact) mass is 591 g/mol. The summed E-state index contributed by atoms with van der Waals surface area (Å²) in [6.45, 7) is 8.55. The summed E-state index contributed by atoms with van der Waals surface area (Å²) in [5, 5.41) is 8.20. The summed E-state index contributed by atoms with van der Waals surface area (Å²) in [5.41, 5.74) is 7.31. The fourth-order valence-electron chi connectivity index (χ4n) is 5.08. The van der Waals surface area contributed by atoms with Gasteiger partial charge in [0.1, 0.15) is 11.3 Å². The third-order valence-electron chi connectivity index (χ3n) is 7.22. The molecular weight excluding hydrogens is 546 g/mol. The van der Waals surface area contributed by atoms with Gasteiger partial charge in [0, 0.05) is 19.2 Å². The van der Waals surface area contributed by atoms with E-state index in [-0.39, 0.29) is 30.1 Å². The number of imide groups is 1. The number of carbonyl (C=O) groups is 4. The van der Waals surface area contributed by atoms with E-state index in [9.17, 15) is 19.2 Å². The van der Waals surface area contributed by atoms with Crippen LogP contribution in [0, 0.1) is 18.8 Å². The van der Waals surface area contributed by atoms with Crippen molar-refractivity contribution in [2.24, 2.45) is 11.7 Å². The second kappa shape index (κ2) is 18.0. The molecule has 5 rings (SSSR count). The van der Waals surface area contributed by atoms with Crippen LogP contribution >= 0.6 is 0 Å². The second-order valence-corrected chi connectivity index (χ2v) is 9.55. The fraction of sp³-hybridized carbons (Fsp3) is 0.394. The number of fused-ring (bicyclic) bond motifs is 1. The van der Waals surface area contributed by atoms with Gasteiger partial charge in [0.05, 0.1) is 19.4 Å². The minimum Gasteiger partial charge on any atom is -0.497 e. The first-order valence-corrected chi connectivity index (χ1v) is 14.2. The van der Waals surface area contributed by atoms with Gasteiger partial charge in [-0.15, -0.1) is 12.8 Å². The minimum atomic E-state index is -0.764. The Labute approximate surface area is 255 Å². The molecule has 232 valence electrons. The quantitative estimate of drug-likeness (QED) is 0.294. The normalized spacial score (nSPS) is 19.5. The minimum absolute atomic E-state index is 0.0600. The maximum Gasteiger partial charge on any atom is 0.256 e. The van der Waals surface area contributed by atoms with E-state index in [2.05, 4.69) is 41.1 Å². The van der Waals surface area contributed by atoms with Gasteiger partial charge in [0.2, 0.25) is 12.3 Å². The van der Waals surface area contributed by atoms with Gasteiger partial charge in [0.25, 0.3) is 11.8 Å². The Kier molecular flexibility index (Phi) is 15.3. The molecule has 43 heavy (non-hydrogen) atoms. The van der Waals surface area contributed by atoms with Crippen molar-refractivity contribution in [3.05, 3.63) is 77.2 Å². The summed E-state index contributed by atoms with van der Waals surface area (Å²) in [6.07, 6.45) is 20.0. The molecule has 1 aromatic carbocycles. The molecule has 0 radical (unpaired) electrons. The first kappa shape index (κ1) is 36.4. The SMILES string of the molecule is C#C.C=C1NC(=O)C(C2=CCC=C(CC(=O)NC=O)C=C2)(C2CCC2)N1.CC.CN.COc1ccc2c(c1)C(=O)N(C)C2. The number of carbonyl (C=O) groups excluding carboxylic acids is 4. The Morgan fingerprint density at radius 2 is 1.88 bits per heavy atom. The van der Waals surface area contributed by atoms with E-state index >= 15 is 0 Å². The van der Waals surface area contributed by atoms with Crippen LogP contribution < -0.4 is 26.4 Å². The van der Waals surface area contributed by atoms with Crippen molar-refractivity contribution in [2.75, 3.05) is 21.2 Å². The number of amides is 4. The van der Waals surface area contributed by atoms with Gasteiger partial charge in [0.15, 0.2) is 0 Å². The molecule has 0 aromatic heterocycles. The van der Waals surface area contributed by atoms with Crippen molar-refractivity contribution in [3.63, 3.8) is 0 Å². The van der Waals surface area contributed by atoms with Gasteiger partial charge in [-0.25, -0.2) is 0 Å². The number of rotatable bonds is 6. The Hall–Kier alpha value is -4.62. The van der Waals surface area contributed by atoms with Crippen molar-refractivity contribution < 1.29 is 23.9 Å². The van der Waals surface area contributed by atoms with Crippen LogP contribution in [-0.4, -0.2) is 55.8 Å². The van der Waals surface area contributed by atoms with Crippen LogP contribution in [0.4, 0.5) is 0 Å². The number of hydrogen-bond donors (Lipinski definition) is 4. The van der Waals surface area contributed by atoms with Crippen LogP contribution in [0.3, 0.4) is 0 Å². The van der Waals surface area contributed by atoms with E-state index in [1.54, 1.807) is 25.1 Å². The first-order valence-electron chi connectivity index (χ1n) is 14.2. The molecule has 2 heterocycles. The van der Waals surface area contributed by atoms with Gasteiger partial charge >= 0.3 is 0 Å². The molecule has 2 aliphatic heterocycles. The van der Waals surface area contributed by atoms with Crippen LogP contribution in [0.15, 0.2) is 66.0 Å². The number of nitrogens with zero attached hydrogens (tertiary/aromatic N) is 1. The molecule has 0 spiro atoms. The van der Waals surface area contributed by atoms with Crippen molar-refractivity contribution in [2.45, 2.75) is 58.0 Å². The maximum absolute atomic E-state index is 12.7. The zero-order valence-electron chi connectivity index (χ0n) is 25.9. The average Bonchev–Trinajstić information content (AvgIpc) is 3.32. The predicted octanol–water partition coefficient (Wildman–Crippen LogP) is 3.32. The highest BCUT2D eigenvalue weighted by Gasteiger charge is 2.53. The number of methoxy groups -OCH3 is 1. The molecule has 4 aliphatic rings. The lowest BCUT2D eigenvalue weighted by molar-refractivity contribution is -0.126. The number of hydrogen-bond acceptors (Lipinski definition) is 7. The van der Waals surface area contributed by atoms with Crippen molar-refractivity contribution in [1.82, 2.24) is 20.9 Å². The highest BCUT2D eigenvalue weighted by Crippen LogP contribution is 2.44. The van der Waals surface area contributed by atoms with E-state index in [0.717, 1.165) is 47.3 Å². The van der Waals surface area contributed by atoms with Crippen molar-refractivity contribution >= 4 is 24.1 Å². The molecule has 1 saturated heterocycles. The molecule has 1 aromatic rings. The number of nitrogens with one attached hydrogen (secondary N) is 3. The van der Waals surface area contributed by atoms with Crippen LogP contribution in [0.1, 0.15) is 61.9 Å². The molecular formula is C33H45N5O5. The van der Waals surface area contributed by atoms with Gasteiger partial charge in [-0.3, -0.25) is 24.5 Å². The van der Waals surface area contributed by atoms with E-state index in [1.165, 1.54) is 7.05 Å². The molecule has 10 nitrogen and oxygen atoms in total. The van der Waals surface area contributed by atoms with Crippen LogP contribution in [-0.2, 0) is 20.9 Å². The molecule has 4 amide bonds. The lowest BCUT2D eigenvalue weighted by atomic mass is 9.67. The van der Waals surface area contributed by atoms with Crippen LogP contribution in [0.2, 0.25) is 0 Å². The molecule has 1 saturated carbocycles. The van der Waals surface area contributed by atoms with Gasteiger partial charge < -0.3 is 26.0 Å². The molecule has 1 atom stereocenters. The summed E-state index contributed by atoms with van der Waals surface area (Å²) in [6, 6.07) is 5.61. The lowest BCUT2D eigenvalue weighted by Crippen LogP contribution is -2.56. The lowest BCUT2D eigenvalue weighted by Gasteiger charge is -2.41. The summed E-state index contributed by atoms with van der Waals surface area (Å²) < 4.78 is 5.05. The molecule has 1 unspecified atom stereocenters. The van der Waals surface area contributed by atoms with Crippen molar-refractivity contribution in [3.8, 4) is 18.6 Å². The molecule has 2 fully saturated rings. The highest BCUT2D eigenvalue weighted by molar-refractivity contribution is 5.98. The molecule has 10 heteroatoms. The topological polar surface area (TPSA) is 143 Å². The smallest absolute Gasteiger partial charge is 0.256 e. The second-order valence-electron chi connectivity index (χ2n) is 9.55. The summed E-state index contributed by atoms with van der Waals surface area (Å²) in [7, 11) is 4.90. The van der Waals surface area contributed by atoms with Gasteiger partial charge in [-0.1, -0.05) is 57.2 Å². The zero-order chi connectivity index (χ0) is 32.6. The Morgan fingerprint density at radius 3 is 2.42 bits per heavy atom. The van der Waals surface area contributed by atoms with Crippen LogP contribution in [0.5, 0.6) is 5.75 Å². The van der Waals surface area contributed by atoms with Crippen LogP contribution in [0.25, 0.3) is 0 Å². The largest absolute Gasteiger partial charge is 0.497 e. The standard InChI is InChI=1S/C18H21N3O3.C10H11NO2.C2H6.C2H2.CH5N/c1-12-20-17(24)18(21-12,14-6-3-7-14)15-5-2-4-13(8-9-15)10-16(23)19-11-22;1-11-6-7-3-4-8(13-2)5-9(7)10(11)12;3*1-2/h4-5,8-9,11,14,21H,1-3,6-7,10H2,(H,20,24)(H,19,22,23);3-5H,6H2,1-2H3;1-2H3;1-2H;2H2,1H3. The Morgan fingerprint density at radius 1 is 1.21 bits per heavy atom. The third kappa shape index (κ3) is 8.69. The van der Waals surface area contributed by atoms with E-state index in [0.29, 0.717) is 25.2 Å². The van der Waals surface area contributed by atoms with E-state index in [4.69, 9.17) is 4.74 Å². The summed E-state index contributed by atoms with van der Waals surface area (Å²) in [5.74, 6) is 1.19. The number of terminal acetylenes is 1. The van der Waals surface area contributed by atoms with E-state index in [1.807, 2.05) is 50.3 Å². The molecule has 5 N–H and O–H groups in total. The molecule has 0 bridgehead atoms. The number of nitrogens with two attached hydrogens (primary N) is 1. The third-order valence-corrected chi connectivity index (χ3v) is 7.22. The zero-order valence-corrected chi connectivity index (χ0v) is 25.9. The number of benzene rings is 1. The summed E-state index contributed by atoms with van der Waals surface area (Å²) >= 11 is 0. The average molecular weight is 592 g/mol. The Balaban J connectivity index is 0.000000410. The highest BCUT2D eigenvalue weighted by atomic mass is 16.5. The van der Waals surface area contributed by atoms with Crippen molar-refractivity contribution in [1.29, 1.82) is 0 Å². The Bertz CT molecular complexity index is 1280.